The number of rotatable bonds is 5. The summed E-state index contributed by atoms with van der Waals surface area (Å²) in [6.07, 6.45) is 0. The van der Waals surface area contributed by atoms with E-state index in [2.05, 4.69) is 26.1 Å². The Morgan fingerprint density at radius 2 is 2.26 bits per heavy atom. The molecule has 1 atom stereocenters. The van der Waals surface area contributed by atoms with Crippen LogP contribution in [0.3, 0.4) is 0 Å². The molecule has 2 N–H and O–H groups in total. The van der Waals surface area contributed by atoms with Gasteiger partial charge in [0.25, 0.3) is 5.89 Å². The van der Waals surface area contributed by atoms with Gasteiger partial charge in [-0.05, 0) is 31.5 Å². The lowest BCUT2D eigenvalue weighted by atomic mass is 10.1. The Balaban J connectivity index is 2.18. The number of nitrogens with two attached hydrogens (primary N) is 1. The summed E-state index contributed by atoms with van der Waals surface area (Å²) < 4.78 is 11.5. The van der Waals surface area contributed by atoms with E-state index >= 15 is 0 Å². The number of nitrogens with zero attached hydrogens (tertiary/aromatic N) is 2. The molecule has 1 heterocycles. The van der Waals surface area contributed by atoms with Crippen LogP contribution in [-0.4, -0.2) is 23.4 Å². The van der Waals surface area contributed by atoms with Gasteiger partial charge in [0.2, 0.25) is 0 Å². The third-order valence-electron chi connectivity index (χ3n) is 2.69. The Morgan fingerprint density at radius 1 is 1.47 bits per heavy atom. The van der Waals surface area contributed by atoms with E-state index in [9.17, 15) is 0 Å². The van der Waals surface area contributed by atoms with Crippen molar-refractivity contribution < 1.29 is 9.26 Å². The van der Waals surface area contributed by atoms with Gasteiger partial charge in [0.05, 0.1) is 12.6 Å². The molecule has 1 aromatic heterocycles. The van der Waals surface area contributed by atoms with E-state index in [0.29, 0.717) is 24.9 Å². The molecule has 0 bridgehead atoms. The fourth-order valence-corrected chi connectivity index (χ4v) is 1.93. The highest BCUT2D eigenvalue weighted by Gasteiger charge is 2.15. The minimum absolute atomic E-state index is 0.369. The predicted molar refractivity (Wildman–Crippen MR) is 75.6 cm³/mol. The summed E-state index contributed by atoms with van der Waals surface area (Å²) in [6, 6.07) is 5.50. The Morgan fingerprint density at radius 3 is 2.95 bits per heavy atom. The average Bonchev–Trinajstić information content (AvgIpc) is 2.89. The van der Waals surface area contributed by atoms with Crippen molar-refractivity contribution in [3.05, 3.63) is 34.1 Å². The lowest BCUT2D eigenvalue weighted by Crippen LogP contribution is -2.18. The number of halogens is 1. The largest absolute Gasteiger partial charge is 0.380 e. The minimum Gasteiger partial charge on any atom is -0.380 e. The van der Waals surface area contributed by atoms with Crippen LogP contribution in [-0.2, 0) is 4.74 Å². The fourth-order valence-electron chi connectivity index (χ4n) is 1.55. The molecule has 0 saturated heterocycles. The van der Waals surface area contributed by atoms with Crippen molar-refractivity contribution in [2.24, 2.45) is 5.73 Å². The van der Waals surface area contributed by atoms with Crippen molar-refractivity contribution in [3.63, 3.8) is 0 Å². The minimum atomic E-state index is -0.369. The molecular weight excluding hydrogens is 310 g/mol. The molecule has 0 saturated carbocycles. The van der Waals surface area contributed by atoms with Gasteiger partial charge in [0.15, 0.2) is 5.82 Å². The number of ether oxygens (including phenoxy) is 1. The van der Waals surface area contributed by atoms with Gasteiger partial charge >= 0.3 is 0 Å². The van der Waals surface area contributed by atoms with Gasteiger partial charge in [-0.3, -0.25) is 0 Å². The summed E-state index contributed by atoms with van der Waals surface area (Å²) in [5, 5.41) is 3.89. The molecule has 2 aromatic rings. The van der Waals surface area contributed by atoms with E-state index in [-0.39, 0.29) is 6.04 Å². The maximum atomic E-state index is 5.91. The third-order valence-corrected chi connectivity index (χ3v) is 3.55. The Bertz CT molecular complexity index is 557. The molecule has 0 radical (unpaired) electrons. The maximum Gasteiger partial charge on any atom is 0.258 e. The molecule has 0 aliphatic heterocycles. The SMILES string of the molecule is CCOCC(N)c1noc(-c2ccc(C)c(Br)c2)n1. The van der Waals surface area contributed by atoms with E-state index in [0.717, 1.165) is 15.6 Å². The fraction of sp³-hybridized carbons (Fsp3) is 0.385. The maximum absolute atomic E-state index is 5.91. The monoisotopic (exact) mass is 325 g/mol. The smallest absolute Gasteiger partial charge is 0.258 e. The average molecular weight is 326 g/mol. The molecule has 5 nitrogen and oxygen atoms in total. The zero-order chi connectivity index (χ0) is 13.8. The topological polar surface area (TPSA) is 74.2 Å². The van der Waals surface area contributed by atoms with E-state index in [4.69, 9.17) is 15.0 Å². The summed E-state index contributed by atoms with van der Waals surface area (Å²) in [7, 11) is 0. The first-order valence-electron chi connectivity index (χ1n) is 6.05. The first-order valence-corrected chi connectivity index (χ1v) is 6.84. The second-order valence-electron chi connectivity index (χ2n) is 4.19. The normalized spacial score (nSPS) is 12.6. The van der Waals surface area contributed by atoms with Crippen molar-refractivity contribution in [1.29, 1.82) is 0 Å². The number of benzene rings is 1. The quantitative estimate of drug-likeness (QED) is 0.914. The van der Waals surface area contributed by atoms with Crippen LogP contribution in [0, 0.1) is 6.92 Å². The van der Waals surface area contributed by atoms with Crippen LogP contribution in [0.4, 0.5) is 0 Å². The van der Waals surface area contributed by atoms with Crippen LogP contribution in [0.25, 0.3) is 11.5 Å². The first kappa shape index (κ1) is 14.2. The molecule has 19 heavy (non-hydrogen) atoms. The standard InChI is InChI=1S/C13H16BrN3O2/c1-3-18-7-11(15)12-16-13(19-17-12)9-5-4-8(2)10(14)6-9/h4-6,11H,3,7,15H2,1-2H3. The van der Waals surface area contributed by atoms with Crippen molar-refractivity contribution in [1.82, 2.24) is 10.1 Å². The number of hydrogen-bond acceptors (Lipinski definition) is 5. The van der Waals surface area contributed by atoms with E-state index in [1.54, 1.807) is 0 Å². The van der Waals surface area contributed by atoms with Crippen LogP contribution in [0.1, 0.15) is 24.4 Å². The molecule has 2 rings (SSSR count). The summed E-state index contributed by atoms with van der Waals surface area (Å²) in [4.78, 5) is 4.30. The van der Waals surface area contributed by atoms with Crippen LogP contribution in [0.5, 0.6) is 0 Å². The Hall–Kier alpha value is -1.24. The highest BCUT2D eigenvalue weighted by Crippen LogP contribution is 2.25. The Labute approximate surface area is 120 Å². The summed E-state index contributed by atoms with van der Waals surface area (Å²) in [5.41, 5.74) is 7.92. The third kappa shape index (κ3) is 3.40. The van der Waals surface area contributed by atoms with Gasteiger partial charge in [-0.1, -0.05) is 27.2 Å². The number of hydrogen-bond donors (Lipinski definition) is 1. The van der Waals surface area contributed by atoms with Crippen LogP contribution < -0.4 is 5.73 Å². The summed E-state index contributed by atoms with van der Waals surface area (Å²) in [6.45, 7) is 4.93. The van der Waals surface area contributed by atoms with Gasteiger partial charge in [0, 0.05) is 16.6 Å². The summed E-state index contributed by atoms with van der Waals surface area (Å²) >= 11 is 3.48. The second-order valence-corrected chi connectivity index (χ2v) is 5.04. The molecule has 1 aromatic carbocycles. The van der Waals surface area contributed by atoms with Crippen molar-refractivity contribution in [3.8, 4) is 11.5 Å². The predicted octanol–water partition coefficient (Wildman–Crippen LogP) is 2.84. The van der Waals surface area contributed by atoms with E-state index < -0.39 is 0 Å². The van der Waals surface area contributed by atoms with E-state index in [1.165, 1.54) is 0 Å². The second kappa shape index (κ2) is 6.27. The zero-order valence-corrected chi connectivity index (χ0v) is 12.5. The number of aryl methyl sites for hydroxylation is 1. The lowest BCUT2D eigenvalue weighted by Gasteiger charge is -2.05. The van der Waals surface area contributed by atoms with Gasteiger partial charge < -0.3 is 15.0 Å². The Kier molecular flexibility index (Phi) is 4.68. The van der Waals surface area contributed by atoms with E-state index in [1.807, 2.05) is 32.0 Å². The highest BCUT2D eigenvalue weighted by molar-refractivity contribution is 9.10. The van der Waals surface area contributed by atoms with Gasteiger partial charge in [-0.2, -0.15) is 4.98 Å². The van der Waals surface area contributed by atoms with Gasteiger partial charge in [0.1, 0.15) is 0 Å². The van der Waals surface area contributed by atoms with Crippen molar-refractivity contribution in [2.75, 3.05) is 13.2 Å². The van der Waals surface area contributed by atoms with Crippen molar-refractivity contribution in [2.45, 2.75) is 19.9 Å². The molecule has 1 unspecified atom stereocenters. The zero-order valence-electron chi connectivity index (χ0n) is 10.9. The molecular formula is C13H16BrN3O2. The molecule has 0 fully saturated rings. The molecule has 6 heteroatoms. The highest BCUT2D eigenvalue weighted by atomic mass is 79.9. The van der Waals surface area contributed by atoms with Crippen LogP contribution >= 0.6 is 15.9 Å². The molecule has 0 spiro atoms. The number of aromatic nitrogens is 2. The van der Waals surface area contributed by atoms with Gasteiger partial charge in [-0.15, -0.1) is 0 Å². The van der Waals surface area contributed by atoms with Crippen LogP contribution in [0.2, 0.25) is 0 Å². The summed E-state index contributed by atoms with van der Waals surface area (Å²) in [5.74, 6) is 0.919. The molecule has 102 valence electrons. The van der Waals surface area contributed by atoms with Crippen LogP contribution in [0.15, 0.2) is 27.2 Å². The molecule has 0 aliphatic carbocycles. The first-order chi connectivity index (χ1) is 9.11. The molecule has 0 amide bonds. The molecule has 0 aliphatic rings. The lowest BCUT2D eigenvalue weighted by molar-refractivity contribution is 0.130. The van der Waals surface area contributed by atoms with Crippen molar-refractivity contribution >= 4 is 15.9 Å². The van der Waals surface area contributed by atoms with Gasteiger partial charge in [-0.25, -0.2) is 0 Å².